The molecule has 1 aromatic rings. The molecule has 0 saturated carbocycles. The minimum absolute atomic E-state index is 0.201. The molecule has 0 fully saturated rings. The van der Waals surface area contributed by atoms with Crippen LogP contribution < -0.4 is 5.32 Å². The standard InChI is InChI=1S/C10H13N3O2/c1-3-4-5-11-9-7-12-8(6-13-9)10(14)15-2/h3,6-7H,1,4-5H2,2H3,(H,11,13). The highest BCUT2D eigenvalue weighted by Crippen LogP contribution is 2.02. The number of nitrogens with zero attached hydrogens (tertiary/aromatic N) is 2. The molecule has 0 aromatic carbocycles. The van der Waals surface area contributed by atoms with E-state index in [1.165, 1.54) is 19.5 Å². The first-order valence-corrected chi connectivity index (χ1v) is 4.53. The smallest absolute Gasteiger partial charge is 0.358 e. The number of methoxy groups -OCH3 is 1. The Hall–Kier alpha value is -1.91. The molecule has 0 radical (unpaired) electrons. The van der Waals surface area contributed by atoms with Crippen LogP contribution in [0.2, 0.25) is 0 Å². The lowest BCUT2D eigenvalue weighted by Gasteiger charge is -2.03. The molecule has 1 aromatic heterocycles. The third-order valence-corrected chi connectivity index (χ3v) is 1.70. The summed E-state index contributed by atoms with van der Waals surface area (Å²) in [5.74, 6) is 0.143. The van der Waals surface area contributed by atoms with Crippen molar-refractivity contribution < 1.29 is 9.53 Å². The van der Waals surface area contributed by atoms with Gasteiger partial charge >= 0.3 is 5.97 Å². The Kier molecular flexibility index (Phi) is 4.28. The molecule has 1 rings (SSSR count). The number of ether oxygens (including phenoxy) is 1. The van der Waals surface area contributed by atoms with Crippen molar-refractivity contribution in [1.29, 1.82) is 0 Å². The first kappa shape index (κ1) is 11.2. The quantitative estimate of drug-likeness (QED) is 0.447. The van der Waals surface area contributed by atoms with Gasteiger partial charge in [-0.1, -0.05) is 6.08 Å². The number of esters is 1. The first-order chi connectivity index (χ1) is 7.27. The molecule has 0 spiro atoms. The molecule has 5 nitrogen and oxygen atoms in total. The summed E-state index contributed by atoms with van der Waals surface area (Å²) in [6, 6.07) is 0. The molecule has 1 heterocycles. The van der Waals surface area contributed by atoms with Crippen molar-refractivity contribution in [3.05, 3.63) is 30.7 Å². The highest BCUT2D eigenvalue weighted by atomic mass is 16.5. The molecule has 80 valence electrons. The van der Waals surface area contributed by atoms with Crippen LogP contribution in [0.3, 0.4) is 0 Å². The molecule has 15 heavy (non-hydrogen) atoms. The van der Waals surface area contributed by atoms with Crippen molar-refractivity contribution in [2.24, 2.45) is 0 Å². The van der Waals surface area contributed by atoms with Gasteiger partial charge in [-0.2, -0.15) is 0 Å². The van der Waals surface area contributed by atoms with E-state index in [4.69, 9.17) is 0 Å². The summed E-state index contributed by atoms with van der Waals surface area (Å²) >= 11 is 0. The van der Waals surface area contributed by atoms with Crippen LogP contribution in [0.15, 0.2) is 25.0 Å². The van der Waals surface area contributed by atoms with Crippen LogP contribution >= 0.6 is 0 Å². The monoisotopic (exact) mass is 207 g/mol. The number of carbonyl (C=O) groups is 1. The summed E-state index contributed by atoms with van der Waals surface area (Å²) in [6.45, 7) is 4.35. The van der Waals surface area contributed by atoms with Crippen molar-refractivity contribution in [1.82, 2.24) is 9.97 Å². The first-order valence-electron chi connectivity index (χ1n) is 4.53. The molecule has 0 aliphatic carbocycles. The Balaban J connectivity index is 2.56. The van der Waals surface area contributed by atoms with E-state index in [9.17, 15) is 4.79 Å². The number of nitrogens with one attached hydrogen (secondary N) is 1. The molecule has 0 saturated heterocycles. The predicted octanol–water partition coefficient (Wildman–Crippen LogP) is 1.25. The molecule has 0 unspecified atom stereocenters. The van der Waals surface area contributed by atoms with Gasteiger partial charge in [-0.15, -0.1) is 6.58 Å². The SMILES string of the molecule is C=CCCNc1cnc(C(=O)OC)cn1. The van der Waals surface area contributed by atoms with Gasteiger partial charge in [-0.3, -0.25) is 0 Å². The molecule has 0 amide bonds. The Morgan fingerprint density at radius 2 is 2.40 bits per heavy atom. The topological polar surface area (TPSA) is 64.1 Å². The average molecular weight is 207 g/mol. The van der Waals surface area contributed by atoms with Crippen LogP contribution in [0.25, 0.3) is 0 Å². The van der Waals surface area contributed by atoms with E-state index in [1.807, 2.05) is 6.08 Å². The van der Waals surface area contributed by atoms with Crippen LogP contribution in [0.5, 0.6) is 0 Å². The Labute approximate surface area is 88.2 Å². The number of rotatable bonds is 5. The minimum atomic E-state index is -0.486. The van der Waals surface area contributed by atoms with E-state index < -0.39 is 5.97 Å². The van der Waals surface area contributed by atoms with Crippen LogP contribution in [0.4, 0.5) is 5.82 Å². The molecule has 0 aliphatic rings. The fraction of sp³-hybridized carbons (Fsp3) is 0.300. The Morgan fingerprint density at radius 1 is 1.60 bits per heavy atom. The molecular weight excluding hydrogens is 194 g/mol. The zero-order chi connectivity index (χ0) is 11.1. The summed E-state index contributed by atoms with van der Waals surface area (Å²) < 4.78 is 4.50. The van der Waals surface area contributed by atoms with Gasteiger partial charge in [0.15, 0.2) is 5.69 Å². The fourth-order valence-electron chi connectivity index (χ4n) is 0.932. The van der Waals surface area contributed by atoms with Gasteiger partial charge < -0.3 is 10.1 Å². The van der Waals surface area contributed by atoms with Crippen molar-refractivity contribution in [3.8, 4) is 0 Å². The number of hydrogen-bond acceptors (Lipinski definition) is 5. The van der Waals surface area contributed by atoms with Gasteiger partial charge in [0.25, 0.3) is 0 Å². The average Bonchev–Trinajstić information content (AvgIpc) is 2.29. The molecule has 0 aliphatic heterocycles. The highest BCUT2D eigenvalue weighted by molar-refractivity contribution is 5.86. The third-order valence-electron chi connectivity index (χ3n) is 1.70. The van der Waals surface area contributed by atoms with Crippen molar-refractivity contribution in [2.45, 2.75) is 6.42 Å². The maximum atomic E-state index is 11.0. The summed E-state index contributed by atoms with van der Waals surface area (Å²) in [7, 11) is 1.31. The number of hydrogen-bond donors (Lipinski definition) is 1. The molecule has 5 heteroatoms. The van der Waals surface area contributed by atoms with Gasteiger partial charge in [-0.05, 0) is 6.42 Å². The lowest BCUT2D eigenvalue weighted by atomic mass is 10.4. The summed E-state index contributed by atoms with van der Waals surface area (Å²) in [4.78, 5) is 18.9. The van der Waals surface area contributed by atoms with Gasteiger partial charge in [0.1, 0.15) is 5.82 Å². The maximum Gasteiger partial charge on any atom is 0.358 e. The van der Waals surface area contributed by atoms with E-state index in [0.29, 0.717) is 5.82 Å². The normalized spacial score (nSPS) is 9.40. The predicted molar refractivity (Wildman–Crippen MR) is 56.7 cm³/mol. The van der Waals surface area contributed by atoms with Gasteiger partial charge in [0, 0.05) is 6.54 Å². The zero-order valence-electron chi connectivity index (χ0n) is 8.56. The van der Waals surface area contributed by atoms with Crippen LogP contribution in [0, 0.1) is 0 Å². The van der Waals surface area contributed by atoms with Gasteiger partial charge in [-0.25, -0.2) is 14.8 Å². The van der Waals surface area contributed by atoms with Crippen molar-refractivity contribution in [3.63, 3.8) is 0 Å². The molecule has 1 N–H and O–H groups in total. The van der Waals surface area contributed by atoms with Crippen LogP contribution in [-0.2, 0) is 4.74 Å². The Bertz CT molecular complexity index is 335. The zero-order valence-corrected chi connectivity index (χ0v) is 8.56. The van der Waals surface area contributed by atoms with E-state index in [1.54, 1.807) is 0 Å². The van der Waals surface area contributed by atoms with Crippen molar-refractivity contribution >= 4 is 11.8 Å². The minimum Gasteiger partial charge on any atom is -0.464 e. The highest BCUT2D eigenvalue weighted by Gasteiger charge is 2.06. The maximum absolute atomic E-state index is 11.0. The summed E-state index contributed by atoms with van der Waals surface area (Å²) in [5.41, 5.74) is 0.201. The van der Waals surface area contributed by atoms with Crippen LogP contribution in [0.1, 0.15) is 16.9 Å². The number of aromatic nitrogens is 2. The summed E-state index contributed by atoms with van der Waals surface area (Å²) in [6.07, 6.45) is 5.53. The lowest BCUT2D eigenvalue weighted by molar-refractivity contribution is 0.0593. The Morgan fingerprint density at radius 3 is 2.93 bits per heavy atom. The van der Waals surface area contributed by atoms with Crippen molar-refractivity contribution in [2.75, 3.05) is 19.0 Å². The molecular formula is C10H13N3O2. The largest absolute Gasteiger partial charge is 0.464 e. The molecule has 0 atom stereocenters. The third kappa shape index (κ3) is 3.38. The summed E-state index contributed by atoms with van der Waals surface area (Å²) in [5, 5.41) is 3.03. The fourth-order valence-corrected chi connectivity index (χ4v) is 0.932. The lowest BCUT2D eigenvalue weighted by Crippen LogP contribution is -2.07. The van der Waals surface area contributed by atoms with E-state index in [-0.39, 0.29) is 5.69 Å². The van der Waals surface area contributed by atoms with E-state index in [0.717, 1.165) is 13.0 Å². The second kappa shape index (κ2) is 5.74. The van der Waals surface area contributed by atoms with E-state index in [2.05, 4.69) is 26.6 Å². The second-order valence-corrected chi connectivity index (χ2v) is 2.78. The number of anilines is 1. The number of carbonyl (C=O) groups excluding carboxylic acids is 1. The molecule has 0 bridgehead atoms. The van der Waals surface area contributed by atoms with Gasteiger partial charge in [0.05, 0.1) is 19.5 Å². The van der Waals surface area contributed by atoms with Gasteiger partial charge in [0.2, 0.25) is 0 Å². The second-order valence-electron chi connectivity index (χ2n) is 2.78. The van der Waals surface area contributed by atoms with Crippen LogP contribution in [-0.4, -0.2) is 29.6 Å². The van der Waals surface area contributed by atoms with E-state index >= 15 is 0 Å².